The number of pyridine rings is 1. The molecule has 0 spiro atoms. The summed E-state index contributed by atoms with van der Waals surface area (Å²) >= 11 is 0. The van der Waals surface area contributed by atoms with Crippen molar-refractivity contribution in [1.82, 2.24) is 34.9 Å². The fourth-order valence-electron chi connectivity index (χ4n) is 4.24. The lowest BCUT2D eigenvalue weighted by Crippen LogP contribution is -2.33. The lowest BCUT2D eigenvalue weighted by atomic mass is 10.1. The van der Waals surface area contributed by atoms with E-state index in [0.717, 1.165) is 17.1 Å². The van der Waals surface area contributed by atoms with Gasteiger partial charge in [-0.05, 0) is 45.0 Å². The second-order valence-corrected chi connectivity index (χ2v) is 9.16. The quantitative estimate of drug-likeness (QED) is 0.309. The van der Waals surface area contributed by atoms with E-state index < -0.39 is 0 Å². The van der Waals surface area contributed by atoms with Gasteiger partial charge >= 0.3 is 0 Å². The Kier molecular flexibility index (Phi) is 7.66. The summed E-state index contributed by atoms with van der Waals surface area (Å²) in [6.07, 6.45) is 5.19. The topological polar surface area (TPSA) is 121 Å². The Bertz CT molecular complexity index is 1520. The monoisotopic (exact) mass is 515 g/mol. The van der Waals surface area contributed by atoms with Crippen molar-refractivity contribution in [3.8, 4) is 17.4 Å². The van der Waals surface area contributed by atoms with Crippen molar-refractivity contribution in [3.63, 3.8) is 0 Å². The van der Waals surface area contributed by atoms with Crippen LogP contribution in [0, 0.1) is 6.92 Å². The van der Waals surface area contributed by atoms with Gasteiger partial charge in [0.2, 0.25) is 11.7 Å². The molecule has 0 radical (unpaired) electrons. The predicted octanol–water partition coefficient (Wildman–Crippen LogP) is 3.75. The molecule has 0 bridgehead atoms. The standard InChI is InChI=1S/C20H14N6O3.C7H15NO/c1-12-8-17(25-29-12)19-23-22-18-15-4-2-3-5-16(15)20(24-26(18)19)28-11-14-7-6-13(10-27)9-21-14;1-8-5-3-7(9-2)4-6-8/h2-10H,11H2,1H3;7H,3-6H2,1-2H3. The van der Waals surface area contributed by atoms with Crippen molar-refractivity contribution in [2.75, 3.05) is 27.2 Å². The largest absolute Gasteiger partial charge is 0.470 e. The fourth-order valence-corrected chi connectivity index (χ4v) is 4.24. The summed E-state index contributed by atoms with van der Waals surface area (Å²) in [4.78, 5) is 17.4. The summed E-state index contributed by atoms with van der Waals surface area (Å²) < 4.78 is 17.9. The van der Waals surface area contributed by atoms with Gasteiger partial charge in [-0.2, -0.15) is 4.52 Å². The summed E-state index contributed by atoms with van der Waals surface area (Å²) in [7, 11) is 3.96. The van der Waals surface area contributed by atoms with E-state index >= 15 is 0 Å². The van der Waals surface area contributed by atoms with Gasteiger partial charge in [-0.1, -0.05) is 23.4 Å². The van der Waals surface area contributed by atoms with Gasteiger partial charge in [-0.15, -0.1) is 15.3 Å². The SMILES string of the molecule is COC1CCN(C)CC1.Cc1cc(-c2nnc3c4ccccc4c(OCc4ccc(C=O)cn4)nn23)no1. The summed E-state index contributed by atoms with van der Waals surface area (Å²) in [5.41, 5.74) is 2.32. The number of ether oxygens (including phenoxy) is 2. The average molecular weight is 516 g/mol. The number of methoxy groups -OCH3 is 1. The van der Waals surface area contributed by atoms with Crippen molar-refractivity contribution in [1.29, 1.82) is 0 Å². The van der Waals surface area contributed by atoms with Crippen molar-refractivity contribution < 1.29 is 18.8 Å². The zero-order chi connectivity index (χ0) is 26.5. The number of carbonyl (C=O) groups is 1. The molecule has 4 aromatic heterocycles. The van der Waals surface area contributed by atoms with Crippen LogP contribution in [0.5, 0.6) is 5.88 Å². The highest BCUT2D eigenvalue weighted by Crippen LogP contribution is 2.29. The Morgan fingerprint density at radius 3 is 2.55 bits per heavy atom. The highest BCUT2D eigenvalue weighted by Gasteiger charge is 2.18. The molecule has 1 aliphatic rings. The number of aldehydes is 1. The van der Waals surface area contributed by atoms with E-state index in [1.165, 1.54) is 32.1 Å². The summed E-state index contributed by atoms with van der Waals surface area (Å²) in [5, 5.41) is 18.8. The van der Waals surface area contributed by atoms with Crippen molar-refractivity contribution in [2.24, 2.45) is 0 Å². The normalized spacial score (nSPS) is 14.4. The maximum Gasteiger partial charge on any atom is 0.240 e. The van der Waals surface area contributed by atoms with Gasteiger partial charge < -0.3 is 18.9 Å². The zero-order valence-electron chi connectivity index (χ0n) is 21.6. The van der Waals surface area contributed by atoms with Gasteiger partial charge in [-0.3, -0.25) is 9.78 Å². The second kappa shape index (κ2) is 11.4. The molecule has 11 nitrogen and oxygen atoms in total. The van der Waals surface area contributed by atoms with Gasteiger partial charge in [-0.25, -0.2) is 0 Å². The molecule has 0 atom stereocenters. The number of piperidine rings is 1. The molecular weight excluding hydrogens is 486 g/mol. The van der Waals surface area contributed by atoms with Gasteiger partial charge in [0.05, 0.1) is 11.8 Å². The molecule has 6 rings (SSSR count). The molecular formula is C27H29N7O4. The first-order chi connectivity index (χ1) is 18.6. The summed E-state index contributed by atoms with van der Waals surface area (Å²) in [5.74, 6) is 1.54. The molecule has 0 amide bonds. The van der Waals surface area contributed by atoms with Crippen LogP contribution in [0.15, 0.2) is 53.2 Å². The van der Waals surface area contributed by atoms with E-state index in [4.69, 9.17) is 14.0 Å². The van der Waals surface area contributed by atoms with Crippen LogP contribution in [0.25, 0.3) is 27.9 Å². The second-order valence-electron chi connectivity index (χ2n) is 9.16. The van der Waals surface area contributed by atoms with E-state index in [1.807, 2.05) is 24.3 Å². The molecule has 5 heterocycles. The number of likely N-dealkylation sites (tertiary alicyclic amines) is 1. The number of rotatable bonds is 6. The third-order valence-electron chi connectivity index (χ3n) is 6.43. The van der Waals surface area contributed by atoms with Crippen LogP contribution in [0.2, 0.25) is 0 Å². The Morgan fingerprint density at radius 1 is 1.11 bits per heavy atom. The van der Waals surface area contributed by atoms with Crippen molar-refractivity contribution in [3.05, 3.63) is 65.7 Å². The predicted molar refractivity (Wildman–Crippen MR) is 140 cm³/mol. The molecule has 1 aromatic carbocycles. The molecule has 11 heteroatoms. The molecule has 0 N–H and O–H groups in total. The third kappa shape index (κ3) is 5.53. The first-order valence-electron chi connectivity index (χ1n) is 12.4. The van der Waals surface area contributed by atoms with E-state index in [0.29, 0.717) is 46.2 Å². The van der Waals surface area contributed by atoms with Crippen LogP contribution in [0.4, 0.5) is 0 Å². The van der Waals surface area contributed by atoms with Crippen LogP contribution in [0.3, 0.4) is 0 Å². The molecule has 38 heavy (non-hydrogen) atoms. The fraction of sp³-hybridized carbons (Fsp3) is 0.333. The van der Waals surface area contributed by atoms with E-state index in [-0.39, 0.29) is 6.61 Å². The lowest BCUT2D eigenvalue weighted by Gasteiger charge is -2.27. The minimum Gasteiger partial charge on any atom is -0.470 e. The first-order valence-corrected chi connectivity index (χ1v) is 12.4. The van der Waals surface area contributed by atoms with E-state index in [1.54, 1.807) is 36.7 Å². The van der Waals surface area contributed by atoms with Crippen LogP contribution in [-0.2, 0) is 11.3 Å². The van der Waals surface area contributed by atoms with Gasteiger partial charge in [0.1, 0.15) is 12.4 Å². The number of carbonyl (C=O) groups excluding carboxylic acids is 1. The minimum absolute atomic E-state index is 0.197. The smallest absolute Gasteiger partial charge is 0.240 e. The zero-order valence-corrected chi connectivity index (χ0v) is 21.6. The molecule has 1 aliphatic heterocycles. The van der Waals surface area contributed by atoms with Crippen LogP contribution >= 0.6 is 0 Å². The number of aromatic nitrogens is 6. The summed E-state index contributed by atoms with van der Waals surface area (Å²) in [6.45, 7) is 4.39. The number of fused-ring (bicyclic) bond motifs is 3. The average Bonchev–Trinajstić information content (AvgIpc) is 3.59. The number of aryl methyl sites for hydroxylation is 1. The van der Waals surface area contributed by atoms with Crippen molar-refractivity contribution in [2.45, 2.75) is 32.5 Å². The highest BCUT2D eigenvalue weighted by molar-refractivity contribution is 5.96. The number of hydrogen-bond donors (Lipinski definition) is 0. The number of hydrogen-bond acceptors (Lipinski definition) is 10. The van der Waals surface area contributed by atoms with Crippen LogP contribution in [-0.4, -0.2) is 74.5 Å². The van der Waals surface area contributed by atoms with Gasteiger partial charge in [0.25, 0.3) is 0 Å². The van der Waals surface area contributed by atoms with Crippen molar-refractivity contribution >= 4 is 22.7 Å². The maximum absolute atomic E-state index is 10.8. The van der Waals surface area contributed by atoms with E-state index in [9.17, 15) is 4.79 Å². The van der Waals surface area contributed by atoms with Crippen LogP contribution in [0.1, 0.15) is 34.7 Å². The maximum atomic E-state index is 10.8. The molecule has 1 fully saturated rings. The summed E-state index contributed by atoms with van der Waals surface area (Å²) in [6, 6.07) is 12.9. The Labute approximate surface area is 219 Å². The molecule has 0 unspecified atom stereocenters. The number of benzene rings is 1. The molecule has 196 valence electrons. The molecule has 0 saturated carbocycles. The minimum atomic E-state index is 0.197. The number of nitrogens with zero attached hydrogens (tertiary/aromatic N) is 7. The highest BCUT2D eigenvalue weighted by atomic mass is 16.5. The van der Waals surface area contributed by atoms with E-state index in [2.05, 4.69) is 37.4 Å². The van der Waals surface area contributed by atoms with Gasteiger partial charge in [0, 0.05) is 48.8 Å². The molecule has 0 aliphatic carbocycles. The molecule has 5 aromatic rings. The Morgan fingerprint density at radius 2 is 1.89 bits per heavy atom. The Hall–Kier alpha value is -4.22. The molecule has 1 saturated heterocycles. The Balaban J connectivity index is 0.000000278. The lowest BCUT2D eigenvalue weighted by molar-refractivity contribution is 0.0484. The first kappa shape index (κ1) is 25.4. The van der Waals surface area contributed by atoms with Crippen LogP contribution < -0.4 is 4.74 Å². The third-order valence-corrected chi connectivity index (χ3v) is 6.43. The van der Waals surface area contributed by atoms with Gasteiger partial charge in [0.15, 0.2) is 17.6 Å².